The van der Waals surface area contributed by atoms with Crippen molar-refractivity contribution in [3.8, 4) is 0 Å². The molecule has 104 valence electrons. The number of carboxylic acids is 1. The van der Waals surface area contributed by atoms with E-state index in [-0.39, 0.29) is 6.42 Å². The minimum absolute atomic E-state index is 0.237. The van der Waals surface area contributed by atoms with Gasteiger partial charge in [0.1, 0.15) is 0 Å². The first-order chi connectivity index (χ1) is 9.65. The van der Waals surface area contributed by atoms with Gasteiger partial charge < -0.3 is 10.2 Å². The predicted octanol–water partition coefficient (Wildman–Crippen LogP) is 3.22. The average molecular weight is 288 g/mol. The van der Waals surface area contributed by atoms with Crippen molar-refractivity contribution in [1.29, 1.82) is 0 Å². The molecule has 20 heavy (non-hydrogen) atoms. The summed E-state index contributed by atoms with van der Waals surface area (Å²) in [5.41, 5.74) is 1.03. The second kappa shape index (κ2) is 7.12. The molecule has 1 atom stereocenters. The molecule has 2 rings (SSSR count). The number of hydrogen-bond acceptors (Lipinski definition) is 3. The molecule has 0 aliphatic rings. The monoisotopic (exact) mass is 288 g/mol. The van der Waals surface area contributed by atoms with Crippen LogP contribution in [0.1, 0.15) is 12.0 Å². The van der Waals surface area contributed by atoms with E-state index in [0.717, 1.165) is 10.5 Å². The average Bonchev–Trinajstić information content (AvgIpc) is 2.47. The second-order valence-corrected chi connectivity index (χ2v) is 5.60. The molecule has 0 aliphatic heterocycles. The molecule has 0 bridgehead atoms. The molecule has 0 fully saturated rings. The Hall–Kier alpha value is -1.78. The molecule has 2 aromatic rings. The van der Waals surface area contributed by atoms with Gasteiger partial charge in [0.05, 0.1) is 0 Å². The summed E-state index contributed by atoms with van der Waals surface area (Å²) in [6.07, 6.45) is -0.488. The third-order valence-electron chi connectivity index (χ3n) is 2.89. The Morgan fingerprint density at radius 2 is 1.60 bits per heavy atom. The van der Waals surface area contributed by atoms with Crippen molar-refractivity contribution in [2.24, 2.45) is 0 Å². The van der Waals surface area contributed by atoms with Gasteiger partial charge in [-0.05, 0) is 42.7 Å². The molecule has 0 saturated heterocycles. The SMILES string of the molecule is O=C(O)C(O)CCc1ccc(Sc2ccccc2)cc1. The van der Waals surface area contributed by atoms with Crippen LogP contribution in [0.4, 0.5) is 0 Å². The zero-order valence-electron chi connectivity index (χ0n) is 10.9. The Morgan fingerprint density at radius 1 is 1.00 bits per heavy atom. The number of benzene rings is 2. The second-order valence-electron chi connectivity index (χ2n) is 4.45. The summed E-state index contributed by atoms with van der Waals surface area (Å²) in [5, 5.41) is 17.8. The molecule has 3 nitrogen and oxygen atoms in total. The van der Waals surface area contributed by atoms with Crippen molar-refractivity contribution in [2.45, 2.75) is 28.7 Å². The molecule has 0 radical (unpaired) electrons. The zero-order chi connectivity index (χ0) is 14.4. The van der Waals surface area contributed by atoms with Crippen molar-refractivity contribution < 1.29 is 15.0 Å². The Bertz CT molecular complexity index is 552. The van der Waals surface area contributed by atoms with E-state index in [1.165, 1.54) is 4.90 Å². The summed E-state index contributed by atoms with van der Waals surface area (Å²) < 4.78 is 0. The summed E-state index contributed by atoms with van der Waals surface area (Å²) in [6, 6.07) is 18.1. The molecule has 2 aromatic carbocycles. The van der Waals surface area contributed by atoms with Crippen molar-refractivity contribution in [1.82, 2.24) is 0 Å². The molecule has 0 aromatic heterocycles. The van der Waals surface area contributed by atoms with E-state index < -0.39 is 12.1 Å². The largest absolute Gasteiger partial charge is 0.479 e. The van der Waals surface area contributed by atoms with E-state index in [4.69, 9.17) is 5.11 Å². The summed E-state index contributed by atoms with van der Waals surface area (Å²) in [7, 11) is 0. The number of aliphatic hydroxyl groups excluding tert-OH is 1. The zero-order valence-corrected chi connectivity index (χ0v) is 11.7. The van der Waals surface area contributed by atoms with Crippen molar-refractivity contribution >= 4 is 17.7 Å². The number of hydrogen-bond donors (Lipinski definition) is 2. The summed E-state index contributed by atoms with van der Waals surface area (Å²) in [5.74, 6) is -1.17. The molecular weight excluding hydrogens is 272 g/mol. The van der Waals surface area contributed by atoms with Gasteiger partial charge in [-0.2, -0.15) is 0 Å². The van der Waals surface area contributed by atoms with E-state index >= 15 is 0 Å². The number of rotatable bonds is 6. The maximum absolute atomic E-state index is 10.5. The van der Waals surface area contributed by atoms with Crippen LogP contribution in [-0.4, -0.2) is 22.3 Å². The van der Waals surface area contributed by atoms with Crippen LogP contribution in [-0.2, 0) is 11.2 Å². The molecule has 0 saturated carbocycles. The maximum Gasteiger partial charge on any atom is 0.332 e. The number of aliphatic hydroxyl groups is 1. The first-order valence-electron chi connectivity index (χ1n) is 6.38. The van der Waals surface area contributed by atoms with Crippen LogP contribution in [0.3, 0.4) is 0 Å². The van der Waals surface area contributed by atoms with Crippen LogP contribution < -0.4 is 0 Å². The minimum atomic E-state index is -1.28. The molecule has 0 amide bonds. The standard InChI is InChI=1S/C16H16O3S/c17-15(16(18)19)11-8-12-6-9-14(10-7-12)20-13-4-2-1-3-5-13/h1-7,9-10,15,17H,8,11H2,(H,18,19). The van der Waals surface area contributed by atoms with Crippen LogP contribution in [0.15, 0.2) is 64.4 Å². The Morgan fingerprint density at radius 3 is 2.20 bits per heavy atom. The maximum atomic E-state index is 10.5. The van der Waals surface area contributed by atoms with E-state index in [9.17, 15) is 9.90 Å². The van der Waals surface area contributed by atoms with Gasteiger partial charge in [0, 0.05) is 9.79 Å². The fourth-order valence-corrected chi connectivity index (χ4v) is 2.61. The van der Waals surface area contributed by atoms with E-state index in [0.29, 0.717) is 6.42 Å². The Balaban J connectivity index is 1.91. The van der Waals surface area contributed by atoms with Gasteiger partial charge in [0.2, 0.25) is 0 Å². The van der Waals surface area contributed by atoms with Crippen LogP contribution in [0.2, 0.25) is 0 Å². The van der Waals surface area contributed by atoms with E-state index in [1.54, 1.807) is 11.8 Å². The van der Waals surface area contributed by atoms with Crippen molar-refractivity contribution in [3.63, 3.8) is 0 Å². The number of carbonyl (C=O) groups is 1. The molecule has 0 aliphatic carbocycles. The summed E-state index contributed by atoms with van der Waals surface area (Å²) in [4.78, 5) is 12.8. The molecule has 0 spiro atoms. The highest BCUT2D eigenvalue weighted by atomic mass is 32.2. The van der Waals surface area contributed by atoms with Crippen LogP contribution >= 0.6 is 11.8 Å². The van der Waals surface area contributed by atoms with Crippen LogP contribution in [0.5, 0.6) is 0 Å². The lowest BCUT2D eigenvalue weighted by molar-refractivity contribution is -0.146. The predicted molar refractivity (Wildman–Crippen MR) is 79.0 cm³/mol. The molecular formula is C16H16O3S. The third-order valence-corrected chi connectivity index (χ3v) is 3.91. The van der Waals surface area contributed by atoms with Gasteiger partial charge in [-0.15, -0.1) is 0 Å². The fourth-order valence-electron chi connectivity index (χ4n) is 1.78. The third kappa shape index (κ3) is 4.40. The number of aryl methyl sites for hydroxylation is 1. The van der Waals surface area contributed by atoms with Gasteiger partial charge in [0.15, 0.2) is 6.10 Å². The van der Waals surface area contributed by atoms with Crippen molar-refractivity contribution in [2.75, 3.05) is 0 Å². The Kier molecular flexibility index (Phi) is 5.21. The van der Waals surface area contributed by atoms with E-state index in [2.05, 4.69) is 12.1 Å². The highest BCUT2D eigenvalue weighted by Gasteiger charge is 2.12. The first-order valence-corrected chi connectivity index (χ1v) is 7.19. The molecule has 2 N–H and O–H groups in total. The number of aliphatic carboxylic acids is 1. The van der Waals surface area contributed by atoms with Gasteiger partial charge in [-0.25, -0.2) is 4.79 Å². The fraction of sp³-hybridized carbons (Fsp3) is 0.188. The smallest absolute Gasteiger partial charge is 0.332 e. The molecule has 0 heterocycles. The lowest BCUT2D eigenvalue weighted by Crippen LogP contribution is -2.19. The molecule has 1 unspecified atom stereocenters. The van der Waals surface area contributed by atoms with Gasteiger partial charge >= 0.3 is 5.97 Å². The quantitative estimate of drug-likeness (QED) is 0.857. The van der Waals surface area contributed by atoms with Gasteiger partial charge in [-0.3, -0.25) is 0 Å². The van der Waals surface area contributed by atoms with E-state index in [1.807, 2.05) is 42.5 Å². The topological polar surface area (TPSA) is 57.5 Å². The normalized spacial score (nSPS) is 12.1. The van der Waals surface area contributed by atoms with Crippen LogP contribution in [0, 0.1) is 0 Å². The first kappa shape index (κ1) is 14.6. The highest BCUT2D eigenvalue weighted by Crippen LogP contribution is 2.27. The molecule has 4 heteroatoms. The minimum Gasteiger partial charge on any atom is -0.479 e. The highest BCUT2D eigenvalue weighted by molar-refractivity contribution is 7.99. The number of carboxylic acid groups (broad SMARTS) is 1. The lowest BCUT2D eigenvalue weighted by atomic mass is 10.1. The Labute approximate surface area is 122 Å². The van der Waals surface area contributed by atoms with Crippen LogP contribution in [0.25, 0.3) is 0 Å². The summed E-state index contributed by atoms with van der Waals surface area (Å²) >= 11 is 1.68. The van der Waals surface area contributed by atoms with Gasteiger partial charge in [-0.1, -0.05) is 42.1 Å². The summed E-state index contributed by atoms with van der Waals surface area (Å²) in [6.45, 7) is 0. The van der Waals surface area contributed by atoms with Gasteiger partial charge in [0.25, 0.3) is 0 Å². The lowest BCUT2D eigenvalue weighted by Gasteiger charge is -2.06. The van der Waals surface area contributed by atoms with Crippen molar-refractivity contribution in [3.05, 3.63) is 60.2 Å².